The van der Waals surface area contributed by atoms with Crippen molar-refractivity contribution in [1.29, 1.82) is 0 Å². The fourth-order valence-electron chi connectivity index (χ4n) is 6.19. The molecule has 3 aromatic rings. The fourth-order valence-corrected chi connectivity index (χ4v) is 6.19. The van der Waals surface area contributed by atoms with Crippen LogP contribution in [0.4, 0.5) is 11.4 Å². The molecule has 3 heterocycles. The van der Waals surface area contributed by atoms with Crippen LogP contribution >= 0.6 is 0 Å². The number of hydrogen-bond acceptors (Lipinski definition) is 8. The lowest BCUT2D eigenvalue weighted by molar-refractivity contribution is -0.385. The molecule has 4 atom stereocenters. The SMILES string of the molecule is C=CC(C)(C)[C@@]12C[C@@H](C(=O)N[C@@H](Cc3cn(Cc4ccccc4[N+](=O)[O-])cn3)C(=O)OC)N[C@@H]1Nc1ccccc12. The van der Waals surface area contributed by atoms with E-state index in [2.05, 4.69) is 47.4 Å². The van der Waals surface area contributed by atoms with Gasteiger partial charge in [-0.3, -0.25) is 20.2 Å². The van der Waals surface area contributed by atoms with Crippen molar-refractivity contribution in [2.24, 2.45) is 5.41 Å². The summed E-state index contributed by atoms with van der Waals surface area (Å²) in [4.78, 5) is 41.6. The first-order valence-corrected chi connectivity index (χ1v) is 13.5. The van der Waals surface area contributed by atoms with Gasteiger partial charge in [-0.05, 0) is 23.5 Å². The standard InChI is InChI=1S/C30H34N6O5/c1-5-29(2,3)30-15-24(34-28(30)33-22-12-8-7-11-21(22)30)26(37)32-23(27(38)41-4)14-20-17-35(18-31-20)16-19-10-6-9-13-25(19)36(39)40/h5-13,17-18,23-24,28,33-34H,1,14-16H2,2-4H3,(H,32,37)/t23-,24-,28-,30+/m0/s1. The Balaban J connectivity index is 1.32. The summed E-state index contributed by atoms with van der Waals surface area (Å²) >= 11 is 0. The molecule has 11 heteroatoms. The van der Waals surface area contributed by atoms with Crippen LogP contribution in [-0.2, 0) is 32.7 Å². The molecule has 214 valence electrons. The number of rotatable bonds is 10. The maximum atomic E-state index is 13.6. The van der Waals surface area contributed by atoms with Crippen LogP contribution in [0, 0.1) is 15.5 Å². The van der Waals surface area contributed by atoms with Gasteiger partial charge in [-0.1, -0.05) is 56.3 Å². The molecule has 0 spiro atoms. The van der Waals surface area contributed by atoms with Gasteiger partial charge in [-0.15, -0.1) is 6.58 Å². The van der Waals surface area contributed by atoms with Crippen molar-refractivity contribution in [1.82, 2.24) is 20.2 Å². The van der Waals surface area contributed by atoms with E-state index in [-0.39, 0.29) is 36.1 Å². The van der Waals surface area contributed by atoms with Crippen LogP contribution in [-0.4, -0.2) is 51.7 Å². The summed E-state index contributed by atoms with van der Waals surface area (Å²) in [5, 5.41) is 21.2. The summed E-state index contributed by atoms with van der Waals surface area (Å²) in [5.41, 5.74) is 2.48. The molecule has 0 unspecified atom stereocenters. The van der Waals surface area contributed by atoms with Crippen LogP contribution < -0.4 is 16.0 Å². The second kappa shape index (κ2) is 10.8. The predicted molar refractivity (Wildman–Crippen MR) is 153 cm³/mol. The van der Waals surface area contributed by atoms with E-state index in [4.69, 9.17) is 4.74 Å². The number of aromatic nitrogens is 2. The fraction of sp³-hybridized carbons (Fsp3) is 0.367. The number of amides is 1. The van der Waals surface area contributed by atoms with Gasteiger partial charge in [-0.25, -0.2) is 9.78 Å². The molecule has 0 saturated carbocycles. The maximum absolute atomic E-state index is 13.6. The van der Waals surface area contributed by atoms with Gasteiger partial charge in [0, 0.05) is 35.3 Å². The highest BCUT2D eigenvalue weighted by atomic mass is 16.6. The minimum absolute atomic E-state index is 0.0193. The molecule has 2 aromatic carbocycles. The van der Waals surface area contributed by atoms with Gasteiger partial charge in [0.25, 0.3) is 5.69 Å². The minimum Gasteiger partial charge on any atom is -0.467 e. The molecular weight excluding hydrogens is 524 g/mol. The van der Waals surface area contributed by atoms with E-state index in [9.17, 15) is 19.7 Å². The number of benzene rings is 2. The van der Waals surface area contributed by atoms with E-state index in [1.165, 1.54) is 13.2 Å². The average Bonchev–Trinajstić information content (AvgIpc) is 3.65. The smallest absolute Gasteiger partial charge is 0.328 e. The summed E-state index contributed by atoms with van der Waals surface area (Å²) in [6, 6.07) is 13.1. The summed E-state index contributed by atoms with van der Waals surface area (Å²) < 4.78 is 6.70. The summed E-state index contributed by atoms with van der Waals surface area (Å²) in [6.45, 7) is 8.57. The van der Waals surface area contributed by atoms with E-state index in [0.29, 0.717) is 17.7 Å². The largest absolute Gasteiger partial charge is 0.467 e. The molecule has 1 fully saturated rings. The Labute approximate surface area is 238 Å². The number of nitro groups is 1. The normalized spacial score (nSPS) is 21.7. The van der Waals surface area contributed by atoms with Crippen LogP contribution in [0.2, 0.25) is 0 Å². The third-order valence-corrected chi connectivity index (χ3v) is 8.51. The number of methoxy groups -OCH3 is 1. The zero-order valence-electron chi connectivity index (χ0n) is 23.3. The van der Waals surface area contributed by atoms with Crippen LogP contribution in [0.3, 0.4) is 0 Å². The molecule has 0 bridgehead atoms. The van der Waals surface area contributed by atoms with Gasteiger partial charge in [-0.2, -0.15) is 0 Å². The number of fused-ring (bicyclic) bond motifs is 3. The highest BCUT2D eigenvalue weighted by Gasteiger charge is 2.61. The van der Waals surface area contributed by atoms with Crippen molar-refractivity contribution in [3.63, 3.8) is 0 Å². The number of anilines is 1. The van der Waals surface area contributed by atoms with Crippen molar-refractivity contribution in [3.05, 3.63) is 101 Å². The van der Waals surface area contributed by atoms with Gasteiger partial charge in [0.15, 0.2) is 0 Å². The highest BCUT2D eigenvalue weighted by Crippen LogP contribution is 2.57. The summed E-state index contributed by atoms with van der Waals surface area (Å²) in [6.07, 6.45) is 5.60. The Hall–Kier alpha value is -4.51. The van der Waals surface area contributed by atoms with Crippen LogP contribution in [0.25, 0.3) is 0 Å². The molecule has 1 aromatic heterocycles. The first kappa shape index (κ1) is 28.0. The van der Waals surface area contributed by atoms with E-state index >= 15 is 0 Å². The Bertz CT molecular complexity index is 1500. The number of hydrogen-bond donors (Lipinski definition) is 3. The topological polar surface area (TPSA) is 140 Å². The number of carbonyl (C=O) groups is 2. The van der Waals surface area contributed by atoms with Crippen molar-refractivity contribution in [2.75, 3.05) is 12.4 Å². The number of ether oxygens (including phenoxy) is 1. The first-order chi connectivity index (χ1) is 19.6. The third kappa shape index (κ3) is 4.97. The number of carbonyl (C=O) groups excluding carboxylic acids is 2. The van der Waals surface area contributed by atoms with Crippen molar-refractivity contribution >= 4 is 23.3 Å². The van der Waals surface area contributed by atoms with E-state index in [1.807, 2.05) is 24.3 Å². The van der Waals surface area contributed by atoms with Gasteiger partial charge < -0.3 is 19.9 Å². The summed E-state index contributed by atoms with van der Waals surface area (Å²) in [5.74, 6) is -0.901. The monoisotopic (exact) mass is 558 g/mol. The number of para-hydroxylation sites is 2. The number of imidazole rings is 1. The van der Waals surface area contributed by atoms with Crippen LogP contribution in [0.15, 0.2) is 73.7 Å². The second-order valence-electron chi connectivity index (χ2n) is 11.2. The molecular formula is C30H34N6O5. The highest BCUT2D eigenvalue weighted by molar-refractivity contribution is 5.88. The molecule has 1 saturated heterocycles. The van der Waals surface area contributed by atoms with Crippen molar-refractivity contribution < 1.29 is 19.2 Å². The molecule has 0 aliphatic carbocycles. The summed E-state index contributed by atoms with van der Waals surface area (Å²) in [7, 11) is 1.27. The lowest BCUT2D eigenvalue weighted by atomic mass is 9.60. The molecule has 11 nitrogen and oxygen atoms in total. The van der Waals surface area contributed by atoms with Gasteiger partial charge in [0.05, 0.1) is 42.8 Å². The Morgan fingerprint density at radius 1 is 1.29 bits per heavy atom. The van der Waals surface area contributed by atoms with Crippen LogP contribution in [0.1, 0.15) is 37.1 Å². The number of nitrogens with one attached hydrogen (secondary N) is 3. The third-order valence-electron chi connectivity index (χ3n) is 8.51. The van der Waals surface area contributed by atoms with Crippen molar-refractivity contribution in [3.8, 4) is 0 Å². The number of nitrogens with zero attached hydrogens (tertiary/aromatic N) is 3. The molecule has 2 aliphatic rings. The van der Waals surface area contributed by atoms with Crippen LogP contribution in [0.5, 0.6) is 0 Å². The number of nitro benzene ring substituents is 1. The molecule has 2 aliphatic heterocycles. The zero-order chi connectivity index (χ0) is 29.4. The minimum atomic E-state index is -0.965. The maximum Gasteiger partial charge on any atom is 0.328 e. The lowest BCUT2D eigenvalue weighted by Gasteiger charge is -2.42. The Kier molecular flexibility index (Phi) is 7.39. The van der Waals surface area contributed by atoms with E-state index in [0.717, 1.165) is 11.3 Å². The van der Waals surface area contributed by atoms with Crippen molar-refractivity contribution in [2.45, 2.75) is 56.9 Å². The average molecular weight is 559 g/mol. The van der Waals surface area contributed by atoms with E-state index < -0.39 is 28.4 Å². The van der Waals surface area contributed by atoms with E-state index in [1.54, 1.807) is 35.3 Å². The quantitative estimate of drug-likeness (QED) is 0.149. The predicted octanol–water partition coefficient (Wildman–Crippen LogP) is 3.30. The number of allylic oxidation sites excluding steroid dienone is 1. The molecule has 5 rings (SSSR count). The zero-order valence-corrected chi connectivity index (χ0v) is 23.3. The van der Waals surface area contributed by atoms with Gasteiger partial charge in [0.2, 0.25) is 5.91 Å². The first-order valence-electron chi connectivity index (χ1n) is 13.5. The molecule has 41 heavy (non-hydrogen) atoms. The second-order valence-corrected chi connectivity index (χ2v) is 11.2. The van der Waals surface area contributed by atoms with Gasteiger partial charge >= 0.3 is 5.97 Å². The molecule has 0 radical (unpaired) electrons. The van der Waals surface area contributed by atoms with Gasteiger partial charge in [0.1, 0.15) is 6.04 Å². The number of esters is 1. The molecule has 3 N–H and O–H groups in total. The molecule has 1 amide bonds. The Morgan fingerprint density at radius 3 is 2.76 bits per heavy atom. The lowest BCUT2D eigenvalue weighted by Crippen LogP contribution is -2.51. The Morgan fingerprint density at radius 2 is 2.02 bits per heavy atom.